The molecule has 1 aromatic heterocycles. The highest BCUT2D eigenvalue weighted by Gasteiger charge is 2.05. The van der Waals surface area contributed by atoms with Gasteiger partial charge in [-0.25, -0.2) is 9.67 Å². The van der Waals surface area contributed by atoms with Crippen LogP contribution >= 0.6 is 0 Å². The zero-order valence-corrected chi connectivity index (χ0v) is 13.0. The summed E-state index contributed by atoms with van der Waals surface area (Å²) in [7, 11) is 1.68. The van der Waals surface area contributed by atoms with Gasteiger partial charge in [-0.05, 0) is 36.6 Å². The van der Waals surface area contributed by atoms with E-state index in [1.165, 1.54) is 5.56 Å². The highest BCUT2D eigenvalue weighted by molar-refractivity contribution is 5.27. The zero-order chi connectivity index (χ0) is 15.1. The number of methoxy groups -OCH3 is 1. The van der Waals surface area contributed by atoms with Crippen molar-refractivity contribution in [3.8, 4) is 5.75 Å². The molecule has 0 radical (unpaired) electrons. The summed E-state index contributed by atoms with van der Waals surface area (Å²) in [5, 5.41) is 7.70. The van der Waals surface area contributed by atoms with E-state index in [0.29, 0.717) is 5.92 Å². The van der Waals surface area contributed by atoms with Crippen LogP contribution in [-0.2, 0) is 19.5 Å². The maximum Gasteiger partial charge on any atom is 0.140 e. The van der Waals surface area contributed by atoms with E-state index in [-0.39, 0.29) is 0 Å². The minimum atomic E-state index is 0.640. The maximum atomic E-state index is 5.17. The standard InChI is InChI=1S/C16H24N4O/c1-13(2)10-17-11-16-18-12-19-20(16)9-8-14-4-6-15(21-3)7-5-14/h4-7,12-13,17H,8-11H2,1-3H3. The van der Waals surface area contributed by atoms with Crippen molar-refractivity contribution in [2.45, 2.75) is 33.4 Å². The second-order valence-corrected chi connectivity index (χ2v) is 5.52. The fourth-order valence-corrected chi connectivity index (χ4v) is 2.11. The smallest absolute Gasteiger partial charge is 0.140 e. The zero-order valence-electron chi connectivity index (χ0n) is 13.0. The van der Waals surface area contributed by atoms with Crippen LogP contribution in [0.25, 0.3) is 0 Å². The average Bonchev–Trinajstić information content (AvgIpc) is 2.93. The minimum Gasteiger partial charge on any atom is -0.497 e. The number of hydrogen-bond donors (Lipinski definition) is 1. The molecule has 5 heteroatoms. The summed E-state index contributed by atoms with van der Waals surface area (Å²) in [5.74, 6) is 2.52. The first-order valence-corrected chi connectivity index (χ1v) is 7.39. The first kappa shape index (κ1) is 15.5. The van der Waals surface area contributed by atoms with E-state index in [9.17, 15) is 0 Å². The molecule has 0 spiro atoms. The molecule has 0 fully saturated rings. The van der Waals surface area contributed by atoms with Crippen molar-refractivity contribution < 1.29 is 4.74 Å². The third-order valence-electron chi connectivity index (χ3n) is 3.30. The van der Waals surface area contributed by atoms with E-state index in [4.69, 9.17) is 4.74 Å². The van der Waals surface area contributed by atoms with Gasteiger partial charge in [-0.2, -0.15) is 5.10 Å². The topological polar surface area (TPSA) is 52.0 Å². The van der Waals surface area contributed by atoms with Crippen molar-refractivity contribution in [3.63, 3.8) is 0 Å². The monoisotopic (exact) mass is 288 g/mol. The van der Waals surface area contributed by atoms with Gasteiger partial charge < -0.3 is 10.1 Å². The Kier molecular flexibility index (Phi) is 5.75. The highest BCUT2D eigenvalue weighted by atomic mass is 16.5. The predicted molar refractivity (Wildman–Crippen MR) is 83.3 cm³/mol. The Morgan fingerprint density at radius 1 is 1.24 bits per heavy atom. The molecule has 2 rings (SSSR count). The molecule has 0 unspecified atom stereocenters. The van der Waals surface area contributed by atoms with Crippen molar-refractivity contribution in [1.82, 2.24) is 20.1 Å². The second kappa shape index (κ2) is 7.78. The van der Waals surface area contributed by atoms with Crippen LogP contribution in [0, 0.1) is 5.92 Å². The van der Waals surface area contributed by atoms with E-state index >= 15 is 0 Å². The van der Waals surface area contributed by atoms with Gasteiger partial charge in [0.05, 0.1) is 13.7 Å². The second-order valence-electron chi connectivity index (χ2n) is 5.52. The Labute approximate surface area is 126 Å². The summed E-state index contributed by atoms with van der Waals surface area (Å²) >= 11 is 0. The van der Waals surface area contributed by atoms with Crippen LogP contribution in [0.3, 0.4) is 0 Å². The molecule has 2 aromatic rings. The van der Waals surface area contributed by atoms with Gasteiger partial charge in [0.2, 0.25) is 0 Å². The molecule has 0 bridgehead atoms. The molecule has 114 valence electrons. The number of ether oxygens (including phenoxy) is 1. The lowest BCUT2D eigenvalue weighted by molar-refractivity contribution is 0.414. The van der Waals surface area contributed by atoms with Gasteiger partial charge in [0.1, 0.15) is 17.9 Å². The lowest BCUT2D eigenvalue weighted by Gasteiger charge is -2.09. The lowest BCUT2D eigenvalue weighted by Crippen LogP contribution is -2.22. The Morgan fingerprint density at radius 2 is 2.00 bits per heavy atom. The minimum absolute atomic E-state index is 0.640. The normalized spacial score (nSPS) is 11.0. The van der Waals surface area contributed by atoms with Crippen LogP contribution in [0.4, 0.5) is 0 Å². The van der Waals surface area contributed by atoms with Crippen molar-refractivity contribution in [1.29, 1.82) is 0 Å². The summed E-state index contributed by atoms with van der Waals surface area (Å²) in [6.45, 7) is 6.99. The predicted octanol–water partition coefficient (Wildman–Crippen LogP) is 2.28. The quantitative estimate of drug-likeness (QED) is 0.809. The van der Waals surface area contributed by atoms with E-state index in [1.54, 1.807) is 13.4 Å². The number of benzene rings is 1. The third-order valence-corrected chi connectivity index (χ3v) is 3.30. The number of hydrogen-bond acceptors (Lipinski definition) is 4. The molecule has 0 aliphatic heterocycles. The molecule has 0 aliphatic rings. The molecule has 0 atom stereocenters. The van der Waals surface area contributed by atoms with Gasteiger partial charge in [-0.15, -0.1) is 0 Å². The van der Waals surface area contributed by atoms with Gasteiger partial charge in [0.15, 0.2) is 0 Å². The van der Waals surface area contributed by atoms with E-state index in [0.717, 1.165) is 37.6 Å². The van der Waals surface area contributed by atoms with E-state index in [2.05, 4.69) is 41.4 Å². The number of rotatable bonds is 8. The highest BCUT2D eigenvalue weighted by Crippen LogP contribution is 2.12. The van der Waals surface area contributed by atoms with Crippen LogP contribution in [0.1, 0.15) is 25.2 Å². The molecule has 0 saturated heterocycles. The summed E-state index contributed by atoms with van der Waals surface area (Å²) in [6.07, 6.45) is 2.56. The number of nitrogens with one attached hydrogen (secondary N) is 1. The van der Waals surface area contributed by atoms with Crippen LogP contribution in [-0.4, -0.2) is 28.4 Å². The number of aromatic nitrogens is 3. The lowest BCUT2D eigenvalue weighted by atomic mass is 10.1. The fourth-order valence-electron chi connectivity index (χ4n) is 2.11. The molecule has 0 aliphatic carbocycles. The first-order chi connectivity index (χ1) is 10.2. The molecule has 1 N–H and O–H groups in total. The van der Waals surface area contributed by atoms with E-state index < -0.39 is 0 Å². The molecular weight excluding hydrogens is 264 g/mol. The van der Waals surface area contributed by atoms with Gasteiger partial charge in [0, 0.05) is 6.54 Å². The van der Waals surface area contributed by atoms with Crippen LogP contribution < -0.4 is 10.1 Å². The first-order valence-electron chi connectivity index (χ1n) is 7.39. The summed E-state index contributed by atoms with van der Waals surface area (Å²) in [4.78, 5) is 4.32. The Bertz CT molecular complexity index is 533. The summed E-state index contributed by atoms with van der Waals surface area (Å²) < 4.78 is 7.14. The summed E-state index contributed by atoms with van der Waals surface area (Å²) in [6, 6.07) is 8.16. The molecule has 5 nitrogen and oxygen atoms in total. The van der Waals surface area contributed by atoms with Gasteiger partial charge in [-0.3, -0.25) is 0 Å². The van der Waals surface area contributed by atoms with Crippen LogP contribution in [0.2, 0.25) is 0 Å². The Morgan fingerprint density at radius 3 is 2.67 bits per heavy atom. The molecule has 0 amide bonds. The largest absolute Gasteiger partial charge is 0.497 e. The van der Waals surface area contributed by atoms with Crippen LogP contribution in [0.15, 0.2) is 30.6 Å². The molecule has 1 heterocycles. The Hall–Kier alpha value is -1.88. The van der Waals surface area contributed by atoms with Crippen molar-refractivity contribution in [2.24, 2.45) is 5.92 Å². The fraction of sp³-hybridized carbons (Fsp3) is 0.500. The third kappa shape index (κ3) is 4.86. The molecular formula is C16H24N4O. The average molecular weight is 288 g/mol. The number of nitrogens with zero attached hydrogens (tertiary/aromatic N) is 3. The van der Waals surface area contributed by atoms with Crippen molar-refractivity contribution in [3.05, 3.63) is 42.0 Å². The number of aryl methyl sites for hydroxylation is 2. The SMILES string of the molecule is COc1ccc(CCn2ncnc2CNCC(C)C)cc1. The van der Waals surface area contributed by atoms with Crippen molar-refractivity contribution in [2.75, 3.05) is 13.7 Å². The van der Waals surface area contributed by atoms with Crippen LogP contribution in [0.5, 0.6) is 5.75 Å². The van der Waals surface area contributed by atoms with Crippen molar-refractivity contribution >= 4 is 0 Å². The Balaban J connectivity index is 1.86. The summed E-state index contributed by atoms with van der Waals surface area (Å²) in [5.41, 5.74) is 1.27. The van der Waals surface area contributed by atoms with Gasteiger partial charge in [-0.1, -0.05) is 26.0 Å². The van der Waals surface area contributed by atoms with E-state index in [1.807, 2.05) is 16.8 Å². The molecule has 1 aromatic carbocycles. The maximum absolute atomic E-state index is 5.17. The molecule has 21 heavy (non-hydrogen) atoms. The van der Waals surface area contributed by atoms with Gasteiger partial charge in [0.25, 0.3) is 0 Å². The van der Waals surface area contributed by atoms with Gasteiger partial charge >= 0.3 is 0 Å². The molecule has 0 saturated carbocycles.